The standard InChI is InChI=1S/C17H29N3O/c1-5-19-8-7-16-15(12-19)10-14(11-18-4)17(21)20(16)9-6-13(2)3/h10,13,18H,5-9,11-12H2,1-4H3. The molecule has 21 heavy (non-hydrogen) atoms. The van der Waals surface area contributed by atoms with E-state index in [1.165, 1.54) is 11.3 Å². The molecule has 1 aliphatic heterocycles. The summed E-state index contributed by atoms with van der Waals surface area (Å²) in [6, 6.07) is 2.13. The molecule has 2 heterocycles. The number of rotatable bonds is 6. The lowest BCUT2D eigenvalue weighted by Crippen LogP contribution is -2.37. The van der Waals surface area contributed by atoms with E-state index in [0.29, 0.717) is 12.5 Å². The third-order valence-corrected chi connectivity index (χ3v) is 4.37. The zero-order chi connectivity index (χ0) is 15.4. The SMILES string of the molecule is CCN1CCc2c(cc(CNC)c(=O)n2CCC(C)C)C1. The van der Waals surface area contributed by atoms with Crippen LogP contribution in [-0.4, -0.2) is 29.6 Å². The van der Waals surface area contributed by atoms with Gasteiger partial charge < -0.3 is 9.88 Å². The fourth-order valence-corrected chi connectivity index (χ4v) is 3.05. The lowest BCUT2D eigenvalue weighted by atomic mass is 10.0. The highest BCUT2D eigenvalue weighted by Crippen LogP contribution is 2.19. The molecule has 1 aliphatic rings. The van der Waals surface area contributed by atoms with Gasteiger partial charge in [0.2, 0.25) is 0 Å². The second-order valence-corrected chi connectivity index (χ2v) is 6.43. The van der Waals surface area contributed by atoms with Crippen LogP contribution in [0, 0.1) is 5.92 Å². The highest BCUT2D eigenvalue weighted by Gasteiger charge is 2.20. The Morgan fingerprint density at radius 3 is 2.76 bits per heavy atom. The van der Waals surface area contributed by atoms with E-state index < -0.39 is 0 Å². The van der Waals surface area contributed by atoms with E-state index in [0.717, 1.165) is 44.6 Å². The molecule has 0 spiro atoms. The van der Waals surface area contributed by atoms with Crippen LogP contribution in [-0.2, 0) is 26.1 Å². The Morgan fingerprint density at radius 1 is 1.38 bits per heavy atom. The van der Waals surface area contributed by atoms with E-state index in [2.05, 4.69) is 41.6 Å². The summed E-state index contributed by atoms with van der Waals surface area (Å²) < 4.78 is 2.05. The lowest BCUT2D eigenvalue weighted by molar-refractivity contribution is 0.260. The first kappa shape index (κ1) is 16.2. The maximum atomic E-state index is 12.7. The third-order valence-electron chi connectivity index (χ3n) is 4.37. The molecular formula is C17H29N3O. The Kier molecular flexibility index (Phi) is 5.59. The van der Waals surface area contributed by atoms with Crippen LogP contribution in [0.4, 0.5) is 0 Å². The molecule has 0 aliphatic carbocycles. The van der Waals surface area contributed by atoms with Gasteiger partial charge in [-0.1, -0.05) is 20.8 Å². The minimum absolute atomic E-state index is 0.202. The number of fused-ring (bicyclic) bond motifs is 1. The molecule has 118 valence electrons. The number of hydrogen-bond donors (Lipinski definition) is 1. The number of hydrogen-bond acceptors (Lipinski definition) is 3. The van der Waals surface area contributed by atoms with Crippen molar-refractivity contribution >= 4 is 0 Å². The molecule has 0 atom stereocenters. The van der Waals surface area contributed by atoms with Crippen molar-refractivity contribution in [2.24, 2.45) is 5.92 Å². The van der Waals surface area contributed by atoms with Crippen LogP contribution in [0.5, 0.6) is 0 Å². The van der Waals surface area contributed by atoms with E-state index in [4.69, 9.17) is 0 Å². The number of likely N-dealkylation sites (N-methyl/N-ethyl adjacent to an activating group) is 1. The van der Waals surface area contributed by atoms with Crippen molar-refractivity contribution < 1.29 is 0 Å². The second kappa shape index (κ2) is 7.23. The van der Waals surface area contributed by atoms with Gasteiger partial charge in [-0.05, 0) is 37.6 Å². The molecule has 2 rings (SSSR count). The van der Waals surface area contributed by atoms with E-state index in [1.807, 2.05) is 7.05 Å². The van der Waals surface area contributed by atoms with Crippen molar-refractivity contribution in [3.8, 4) is 0 Å². The largest absolute Gasteiger partial charge is 0.315 e. The summed E-state index contributed by atoms with van der Waals surface area (Å²) in [4.78, 5) is 15.2. The second-order valence-electron chi connectivity index (χ2n) is 6.43. The summed E-state index contributed by atoms with van der Waals surface area (Å²) in [6.07, 6.45) is 2.06. The minimum atomic E-state index is 0.202. The topological polar surface area (TPSA) is 37.3 Å². The molecule has 0 amide bonds. The first-order chi connectivity index (χ1) is 10.1. The average Bonchev–Trinajstić information content (AvgIpc) is 2.46. The average molecular weight is 291 g/mol. The van der Waals surface area contributed by atoms with Gasteiger partial charge in [0.05, 0.1) is 0 Å². The molecule has 1 aromatic rings. The van der Waals surface area contributed by atoms with Gasteiger partial charge in [0.1, 0.15) is 0 Å². The molecule has 0 aromatic carbocycles. The summed E-state index contributed by atoms with van der Waals surface area (Å²) in [5, 5.41) is 3.12. The lowest BCUT2D eigenvalue weighted by Gasteiger charge is -2.30. The van der Waals surface area contributed by atoms with Crippen LogP contribution >= 0.6 is 0 Å². The van der Waals surface area contributed by atoms with Crippen molar-refractivity contribution in [3.05, 3.63) is 33.2 Å². The monoisotopic (exact) mass is 291 g/mol. The maximum Gasteiger partial charge on any atom is 0.255 e. The van der Waals surface area contributed by atoms with Crippen LogP contribution < -0.4 is 10.9 Å². The van der Waals surface area contributed by atoms with Crippen molar-refractivity contribution in [1.82, 2.24) is 14.8 Å². The molecule has 0 unspecified atom stereocenters. The first-order valence-electron chi connectivity index (χ1n) is 8.18. The van der Waals surface area contributed by atoms with Gasteiger partial charge in [-0.25, -0.2) is 0 Å². The quantitative estimate of drug-likeness (QED) is 0.871. The number of nitrogens with one attached hydrogen (secondary N) is 1. The van der Waals surface area contributed by atoms with Crippen LogP contribution in [0.15, 0.2) is 10.9 Å². The first-order valence-corrected chi connectivity index (χ1v) is 8.18. The predicted octanol–water partition coefficient (Wildman–Crippen LogP) is 1.99. The molecule has 0 saturated heterocycles. The molecule has 1 N–H and O–H groups in total. The molecule has 0 fully saturated rings. The summed E-state index contributed by atoms with van der Waals surface area (Å²) in [5.74, 6) is 0.622. The van der Waals surface area contributed by atoms with Crippen LogP contribution in [0.2, 0.25) is 0 Å². The van der Waals surface area contributed by atoms with Crippen molar-refractivity contribution in [2.75, 3.05) is 20.1 Å². The molecular weight excluding hydrogens is 262 g/mol. The fourth-order valence-electron chi connectivity index (χ4n) is 3.05. The van der Waals surface area contributed by atoms with Gasteiger partial charge in [0.25, 0.3) is 5.56 Å². The van der Waals surface area contributed by atoms with Crippen LogP contribution in [0.25, 0.3) is 0 Å². The highest BCUT2D eigenvalue weighted by atomic mass is 16.1. The molecule has 1 aromatic heterocycles. The zero-order valence-corrected chi connectivity index (χ0v) is 13.9. The Hall–Kier alpha value is -1.13. The van der Waals surface area contributed by atoms with Crippen molar-refractivity contribution in [1.29, 1.82) is 0 Å². The molecule has 4 heteroatoms. The third kappa shape index (κ3) is 3.74. The summed E-state index contributed by atoms with van der Waals surface area (Å²) in [7, 11) is 1.90. The number of aromatic nitrogens is 1. The van der Waals surface area contributed by atoms with Crippen molar-refractivity contribution in [3.63, 3.8) is 0 Å². The summed E-state index contributed by atoms with van der Waals surface area (Å²) >= 11 is 0. The maximum absolute atomic E-state index is 12.7. The van der Waals surface area contributed by atoms with E-state index >= 15 is 0 Å². The van der Waals surface area contributed by atoms with Crippen LogP contribution in [0.3, 0.4) is 0 Å². The summed E-state index contributed by atoms with van der Waals surface area (Å²) in [6.45, 7) is 11.3. The van der Waals surface area contributed by atoms with Gasteiger partial charge in [0.15, 0.2) is 0 Å². The van der Waals surface area contributed by atoms with Gasteiger partial charge >= 0.3 is 0 Å². The van der Waals surface area contributed by atoms with E-state index in [9.17, 15) is 4.79 Å². The molecule has 4 nitrogen and oxygen atoms in total. The zero-order valence-electron chi connectivity index (χ0n) is 13.9. The van der Waals surface area contributed by atoms with E-state index in [1.54, 1.807) is 0 Å². The number of nitrogens with zero attached hydrogens (tertiary/aromatic N) is 2. The number of pyridine rings is 1. The summed E-state index contributed by atoms with van der Waals surface area (Å²) in [5.41, 5.74) is 3.72. The van der Waals surface area contributed by atoms with E-state index in [-0.39, 0.29) is 5.56 Å². The normalized spacial score (nSPS) is 15.5. The van der Waals surface area contributed by atoms with Gasteiger partial charge in [-0.3, -0.25) is 9.69 Å². The van der Waals surface area contributed by atoms with Crippen LogP contribution in [0.1, 0.15) is 44.0 Å². The fraction of sp³-hybridized carbons (Fsp3) is 0.706. The van der Waals surface area contributed by atoms with Gasteiger partial charge in [0, 0.05) is 43.9 Å². The minimum Gasteiger partial charge on any atom is -0.315 e. The molecule has 0 bridgehead atoms. The Bertz CT molecular complexity index is 534. The highest BCUT2D eigenvalue weighted by molar-refractivity contribution is 5.29. The Morgan fingerprint density at radius 2 is 2.14 bits per heavy atom. The Labute approximate surface area is 128 Å². The molecule has 0 saturated carbocycles. The predicted molar refractivity (Wildman–Crippen MR) is 87.6 cm³/mol. The van der Waals surface area contributed by atoms with Crippen molar-refractivity contribution in [2.45, 2.75) is 53.2 Å². The molecule has 0 radical (unpaired) electrons. The van der Waals surface area contributed by atoms with Gasteiger partial charge in [-0.15, -0.1) is 0 Å². The Balaban J connectivity index is 2.40. The smallest absolute Gasteiger partial charge is 0.255 e. The van der Waals surface area contributed by atoms with Gasteiger partial charge in [-0.2, -0.15) is 0 Å².